The van der Waals surface area contributed by atoms with Crippen LogP contribution in [0, 0.1) is 0 Å². The predicted octanol–water partition coefficient (Wildman–Crippen LogP) is 4.67. The lowest BCUT2D eigenvalue weighted by molar-refractivity contribution is 0.238. The van der Waals surface area contributed by atoms with Crippen LogP contribution < -0.4 is 5.32 Å². The molecular weight excluding hydrogens is 285 g/mol. The first kappa shape index (κ1) is 15.8. The molecule has 0 spiro atoms. The van der Waals surface area contributed by atoms with Crippen LogP contribution in [0.4, 0.5) is 5.69 Å². The van der Waals surface area contributed by atoms with Crippen molar-refractivity contribution in [2.75, 3.05) is 19.0 Å². The van der Waals surface area contributed by atoms with E-state index in [-0.39, 0.29) is 0 Å². The molecule has 0 aliphatic heterocycles. The monoisotopic (exact) mass is 305 g/mol. The second-order valence-electron chi connectivity index (χ2n) is 4.46. The Kier molecular flexibility index (Phi) is 5.57. The van der Waals surface area contributed by atoms with Gasteiger partial charge in [-0.2, -0.15) is 0 Å². The standard InChI is InChI=1S/C16H20NO3P/c1-3-20-21(18,19-2)16(14-10-6-4-7-11-14)17-15-12-8-5-9-13-15/h4-13,16-17H,3H2,1-2H3. The Balaban J connectivity index is 2.37. The summed E-state index contributed by atoms with van der Waals surface area (Å²) in [6.07, 6.45) is 0. The lowest BCUT2D eigenvalue weighted by Gasteiger charge is -2.27. The molecule has 2 unspecified atom stereocenters. The molecule has 0 radical (unpaired) electrons. The summed E-state index contributed by atoms with van der Waals surface area (Å²) in [5.41, 5.74) is 1.73. The quantitative estimate of drug-likeness (QED) is 0.755. The van der Waals surface area contributed by atoms with Gasteiger partial charge in [-0.05, 0) is 24.6 Å². The van der Waals surface area contributed by atoms with Crippen molar-refractivity contribution in [3.05, 3.63) is 66.2 Å². The Hall–Kier alpha value is -1.61. The van der Waals surface area contributed by atoms with Gasteiger partial charge < -0.3 is 14.4 Å². The van der Waals surface area contributed by atoms with Crippen LogP contribution in [0.5, 0.6) is 0 Å². The van der Waals surface area contributed by atoms with Gasteiger partial charge in [0.2, 0.25) is 0 Å². The first-order chi connectivity index (χ1) is 10.2. The summed E-state index contributed by atoms with van der Waals surface area (Å²) in [6, 6.07) is 19.1. The molecule has 21 heavy (non-hydrogen) atoms. The van der Waals surface area contributed by atoms with Crippen LogP contribution in [0.1, 0.15) is 18.3 Å². The summed E-state index contributed by atoms with van der Waals surface area (Å²) < 4.78 is 23.7. The molecule has 2 aromatic carbocycles. The molecule has 0 bridgehead atoms. The van der Waals surface area contributed by atoms with Crippen molar-refractivity contribution in [2.24, 2.45) is 0 Å². The number of para-hydroxylation sites is 1. The highest BCUT2D eigenvalue weighted by Gasteiger charge is 2.36. The van der Waals surface area contributed by atoms with Gasteiger partial charge in [0.1, 0.15) is 0 Å². The average Bonchev–Trinajstić information content (AvgIpc) is 2.54. The lowest BCUT2D eigenvalue weighted by Crippen LogP contribution is -2.14. The van der Waals surface area contributed by atoms with E-state index in [1.165, 1.54) is 7.11 Å². The fourth-order valence-corrected chi connectivity index (χ4v) is 3.75. The van der Waals surface area contributed by atoms with Crippen LogP contribution in [0.25, 0.3) is 0 Å². The molecule has 0 aliphatic rings. The summed E-state index contributed by atoms with van der Waals surface area (Å²) in [4.78, 5) is 0. The van der Waals surface area contributed by atoms with Crippen molar-refractivity contribution in [3.63, 3.8) is 0 Å². The van der Waals surface area contributed by atoms with Crippen molar-refractivity contribution in [1.29, 1.82) is 0 Å². The molecule has 0 aromatic heterocycles. The van der Waals surface area contributed by atoms with Crippen LogP contribution in [0.2, 0.25) is 0 Å². The molecule has 1 N–H and O–H groups in total. The molecule has 0 saturated heterocycles. The summed E-state index contributed by atoms with van der Waals surface area (Å²) in [7, 11) is -1.89. The second kappa shape index (κ2) is 7.41. The van der Waals surface area contributed by atoms with E-state index in [0.29, 0.717) is 6.61 Å². The van der Waals surface area contributed by atoms with Crippen LogP contribution in [0.15, 0.2) is 60.7 Å². The van der Waals surface area contributed by atoms with E-state index >= 15 is 0 Å². The summed E-state index contributed by atoms with van der Waals surface area (Å²) in [5, 5.41) is 3.26. The first-order valence-electron chi connectivity index (χ1n) is 6.86. The van der Waals surface area contributed by atoms with Crippen molar-refractivity contribution < 1.29 is 13.6 Å². The Labute approximate surface area is 125 Å². The molecule has 0 aliphatic carbocycles. The average molecular weight is 305 g/mol. The number of anilines is 1. The molecule has 5 heteroatoms. The number of rotatable bonds is 7. The molecule has 2 aromatic rings. The van der Waals surface area contributed by atoms with Gasteiger partial charge in [0.05, 0.1) is 6.61 Å². The topological polar surface area (TPSA) is 47.6 Å². The maximum atomic E-state index is 13.0. The molecule has 0 amide bonds. The summed E-state index contributed by atoms with van der Waals surface area (Å²) in [5.74, 6) is -0.550. The van der Waals surface area contributed by atoms with Crippen LogP contribution in [-0.4, -0.2) is 13.7 Å². The highest BCUT2D eigenvalue weighted by Crippen LogP contribution is 2.60. The maximum Gasteiger partial charge on any atom is 0.356 e. The lowest BCUT2D eigenvalue weighted by atomic mass is 10.2. The van der Waals surface area contributed by atoms with Gasteiger partial charge >= 0.3 is 7.60 Å². The SMILES string of the molecule is CCOP(=O)(OC)C(Nc1ccccc1)c1ccccc1. The third-order valence-electron chi connectivity index (χ3n) is 3.07. The second-order valence-corrected chi connectivity index (χ2v) is 6.68. The maximum absolute atomic E-state index is 13.0. The van der Waals surface area contributed by atoms with Crippen LogP contribution in [0.3, 0.4) is 0 Å². The largest absolute Gasteiger partial charge is 0.368 e. The van der Waals surface area contributed by atoms with E-state index in [2.05, 4.69) is 5.32 Å². The molecule has 2 atom stereocenters. The number of nitrogens with one attached hydrogen (secondary N) is 1. The zero-order valence-electron chi connectivity index (χ0n) is 12.2. The normalized spacial score (nSPS) is 15.1. The minimum absolute atomic E-state index is 0.324. The van der Waals surface area contributed by atoms with Gasteiger partial charge in [-0.15, -0.1) is 0 Å². The fourth-order valence-electron chi connectivity index (χ4n) is 2.09. The van der Waals surface area contributed by atoms with E-state index < -0.39 is 13.4 Å². The first-order valence-corrected chi connectivity index (χ1v) is 8.47. The minimum Gasteiger partial charge on any atom is -0.368 e. The van der Waals surface area contributed by atoms with Crippen molar-refractivity contribution in [2.45, 2.75) is 12.7 Å². The zero-order valence-corrected chi connectivity index (χ0v) is 13.1. The Bertz CT molecular complexity index is 589. The van der Waals surface area contributed by atoms with Gasteiger partial charge in [0.15, 0.2) is 5.78 Å². The number of benzene rings is 2. The molecule has 2 rings (SSSR count). The van der Waals surface area contributed by atoms with Crippen LogP contribution >= 0.6 is 7.60 Å². The zero-order chi connectivity index (χ0) is 15.1. The summed E-state index contributed by atoms with van der Waals surface area (Å²) in [6.45, 7) is 2.13. The molecule has 112 valence electrons. The van der Waals surface area contributed by atoms with Gasteiger partial charge in [0, 0.05) is 12.8 Å². The highest BCUT2D eigenvalue weighted by atomic mass is 31.2. The fraction of sp³-hybridized carbons (Fsp3) is 0.250. The van der Waals surface area contributed by atoms with E-state index in [1.807, 2.05) is 60.7 Å². The minimum atomic E-state index is -3.31. The van der Waals surface area contributed by atoms with Gasteiger partial charge in [-0.3, -0.25) is 4.57 Å². The smallest absolute Gasteiger partial charge is 0.356 e. The summed E-state index contributed by atoms with van der Waals surface area (Å²) >= 11 is 0. The van der Waals surface area contributed by atoms with E-state index in [9.17, 15) is 4.57 Å². The van der Waals surface area contributed by atoms with Gasteiger partial charge in [0.25, 0.3) is 0 Å². The third-order valence-corrected chi connectivity index (χ3v) is 5.26. The molecule has 0 saturated carbocycles. The van der Waals surface area contributed by atoms with Gasteiger partial charge in [-0.25, -0.2) is 0 Å². The number of hydrogen-bond acceptors (Lipinski definition) is 4. The third kappa shape index (κ3) is 3.94. The molecule has 4 nitrogen and oxygen atoms in total. The Morgan fingerprint density at radius 2 is 1.62 bits per heavy atom. The molecule has 0 fully saturated rings. The Morgan fingerprint density at radius 3 is 2.14 bits per heavy atom. The van der Waals surface area contributed by atoms with Gasteiger partial charge in [-0.1, -0.05) is 48.5 Å². The van der Waals surface area contributed by atoms with Crippen molar-refractivity contribution >= 4 is 13.3 Å². The highest BCUT2D eigenvalue weighted by molar-refractivity contribution is 7.54. The molecule has 0 heterocycles. The predicted molar refractivity (Wildman–Crippen MR) is 85.5 cm³/mol. The van der Waals surface area contributed by atoms with E-state index in [4.69, 9.17) is 9.05 Å². The molecular formula is C16H20NO3P. The van der Waals surface area contributed by atoms with Crippen LogP contribution in [-0.2, 0) is 13.6 Å². The number of hydrogen-bond donors (Lipinski definition) is 1. The van der Waals surface area contributed by atoms with E-state index in [0.717, 1.165) is 11.3 Å². The van der Waals surface area contributed by atoms with Crippen molar-refractivity contribution in [1.82, 2.24) is 0 Å². The van der Waals surface area contributed by atoms with Crippen molar-refractivity contribution in [3.8, 4) is 0 Å². The Morgan fingerprint density at radius 1 is 1.05 bits per heavy atom. The van der Waals surface area contributed by atoms with E-state index in [1.54, 1.807) is 6.92 Å².